The van der Waals surface area contributed by atoms with E-state index < -0.39 is 0 Å². The Bertz CT molecular complexity index is 401. The van der Waals surface area contributed by atoms with Crippen LogP contribution in [0.2, 0.25) is 0 Å². The molecule has 0 saturated carbocycles. The molecule has 0 bridgehead atoms. The molecule has 1 aromatic rings. The fraction of sp³-hybridized carbons (Fsp3) is 0.667. The summed E-state index contributed by atoms with van der Waals surface area (Å²) in [6, 6.07) is 5.03. The van der Waals surface area contributed by atoms with Crippen molar-refractivity contribution >= 4 is 5.82 Å². The van der Waals surface area contributed by atoms with Crippen LogP contribution in [0.4, 0.5) is 5.82 Å². The summed E-state index contributed by atoms with van der Waals surface area (Å²) in [5.74, 6) is 1.66. The summed E-state index contributed by atoms with van der Waals surface area (Å²) < 4.78 is 0. The van der Waals surface area contributed by atoms with Crippen molar-refractivity contribution in [2.45, 2.75) is 45.6 Å². The van der Waals surface area contributed by atoms with E-state index in [0.717, 1.165) is 18.9 Å². The van der Waals surface area contributed by atoms with Gasteiger partial charge in [-0.2, -0.15) is 0 Å². The van der Waals surface area contributed by atoms with E-state index in [1.54, 1.807) is 0 Å². The first kappa shape index (κ1) is 13.3. The molecule has 3 heteroatoms. The minimum atomic E-state index is 0.494. The second-order valence-corrected chi connectivity index (χ2v) is 5.63. The van der Waals surface area contributed by atoms with Gasteiger partial charge in [0.1, 0.15) is 5.82 Å². The molecule has 0 spiro atoms. The first-order valence-corrected chi connectivity index (χ1v) is 7.01. The molecule has 2 heterocycles. The van der Waals surface area contributed by atoms with E-state index in [-0.39, 0.29) is 0 Å². The highest BCUT2D eigenvalue weighted by Gasteiger charge is 2.25. The van der Waals surface area contributed by atoms with E-state index in [9.17, 15) is 0 Å². The lowest BCUT2D eigenvalue weighted by molar-refractivity contribution is 0.610. The average molecular weight is 247 g/mol. The van der Waals surface area contributed by atoms with Crippen molar-refractivity contribution in [1.82, 2.24) is 10.3 Å². The van der Waals surface area contributed by atoms with Crippen molar-refractivity contribution in [3.8, 4) is 0 Å². The number of nitrogens with one attached hydrogen (secondary N) is 1. The zero-order valence-corrected chi connectivity index (χ0v) is 12.0. The van der Waals surface area contributed by atoms with E-state index >= 15 is 0 Å². The summed E-state index contributed by atoms with van der Waals surface area (Å²) in [6.07, 6.45) is 2.55. The maximum absolute atomic E-state index is 4.85. The summed E-state index contributed by atoms with van der Waals surface area (Å²) in [5, 5.41) is 3.29. The highest BCUT2D eigenvalue weighted by molar-refractivity contribution is 5.45. The van der Waals surface area contributed by atoms with Crippen molar-refractivity contribution < 1.29 is 0 Å². The monoisotopic (exact) mass is 247 g/mol. The standard InChI is InChI=1S/C15H25N3/c1-11(2)14-8-12(3)9-15(17-14)18-7-5-6-13(18)10-16-4/h8-9,11,13,16H,5-7,10H2,1-4H3. The van der Waals surface area contributed by atoms with Gasteiger partial charge >= 0.3 is 0 Å². The molecule has 0 aliphatic carbocycles. The van der Waals surface area contributed by atoms with Crippen LogP contribution in [0.1, 0.15) is 43.9 Å². The molecule has 1 fully saturated rings. The molecule has 18 heavy (non-hydrogen) atoms. The Morgan fingerprint density at radius 3 is 2.89 bits per heavy atom. The quantitative estimate of drug-likeness (QED) is 0.886. The zero-order chi connectivity index (χ0) is 13.1. The molecule has 2 rings (SSSR count). The Labute approximate surface area is 111 Å². The molecule has 1 N–H and O–H groups in total. The fourth-order valence-electron chi connectivity index (χ4n) is 2.70. The van der Waals surface area contributed by atoms with Crippen LogP contribution >= 0.6 is 0 Å². The molecule has 100 valence electrons. The van der Waals surface area contributed by atoms with Crippen LogP contribution in [0.5, 0.6) is 0 Å². The third-order valence-corrected chi connectivity index (χ3v) is 3.68. The molecule has 1 aliphatic heterocycles. The van der Waals surface area contributed by atoms with Crippen LogP contribution in [0.15, 0.2) is 12.1 Å². The second-order valence-electron chi connectivity index (χ2n) is 5.63. The van der Waals surface area contributed by atoms with Crippen molar-refractivity contribution in [3.05, 3.63) is 23.4 Å². The second kappa shape index (κ2) is 5.70. The third-order valence-electron chi connectivity index (χ3n) is 3.68. The summed E-state index contributed by atoms with van der Waals surface area (Å²) in [7, 11) is 2.03. The molecule has 1 unspecified atom stereocenters. The van der Waals surface area contributed by atoms with E-state index in [1.807, 2.05) is 7.05 Å². The maximum Gasteiger partial charge on any atom is 0.129 e. The summed E-state index contributed by atoms with van der Waals surface area (Å²) in [5.41, 5.74) is 2.53. The topological polar surface area (TPSA) is 28.2 Å². The average Bonchev–Trinajstić information content (AvgIpc) is 2.77. The first-order valence-electron chi connectivity index (χ1n) is 7.01. The van der Waals surface area contributed by atoms with Crippen LogP contribution in [0.3, 0.4) is 0 Å². The van der Waals surface area contributed by atoms with Crippen molar-refractivity contribution in [2.24, 2.45) is 0 Å². The number of anilines is 1. The Hall–Kier alpha value is -1.09. The van der Waals surface area contributed by atoms with E-state index in [2.05, 4.69) is 43.1 Å². The summed E-state index contributed by atoms with van der Waals surface area (Å²) in [4.78, 5) is 7.31. The normalized spacial score (nSPS) is 19.8. The lowest BCUT2D eigenvalue weighted by Crippen LogP contribution is -2.37. The van der Waals surface area contributed by atoms with Gasteiger partial charge < -0.3 is 10.2 Å². The van der Waals surface area contributed by atoms with E-state index in [0.29, 0.717) is 12.0 Å². The van der Waals surface area contributed by atoms with Crippen molar-refractivity contribution in [2.75, 3.05) is 25.0 Å². The van der Waals surface area contributed by atoms with Gasteiger partial charge in [0, 0.05) is 24.8 Å². The SMILES string of the molecule is CNCC1CCCN1c1cc(C)cc(C(C)C)n1. The van der Waals surface area contributed by atoms with Gasteiger partial charge in [-0.05, 0) is 50.4 Å². The van der Waals surface area contributed by atoms with E-state index in [4.69, 9.17) is 4.98 Å². The minimum absolute atomic E-state index is 0.494. The molecule has 0 amide bonds. The van der Waals surface area contributed by atoms with Crippen molar-refractivity contribution in [1.29, 1.82) is 0 Å². The Kier molecular flexibility index (Phi) is 4.23. The number of hydrogen-bond acceptors (Lipinski definition) is 3. The number of nitrogens with zero attached hydrogens (tertiary/aromatic N) is 2. The van der Waals surface area contributed by atoms with Gasteiger partial charge in [0.2, 0.25) is 0 Å². The Morgan fingerprint density at radius 1 is 1.44 bits per heavy atom. The van der Waals surface area contributed by atoms with Gasteiger partial charge in [-0.25, -0.2) is 4.98 Å². The van der Waals surface area contributed by atoms with Crippen molar-refractivity contribution in [3.63, 3.8) is 0 Å². The van der Waals surface area contributed by atoms with Crippen LogP contribution in [0, 0.1) is 6.92 Å². The lowest BCUT2D eigenvalue weighted by Gasteiger charge is -2.26. The van der Waals surface area contributed by atoms with Gasteiger partial charge in [0.25, 0.3) is 0 Å². The predicted octanol–water partition coefficient (Wildman–Crippen LogP) is 2.70. The number of likely N-dealkylation sites (N-methyl/N-ethyl adjacent to an activating group) is 1. The molecule has 0 radical (unpaired) electrons. The number of aromatic nitrogens is 1. The van der Waals surface area contributed by atoms with Gasteiger partial charge in [-0.1, -0.05) is 13.8 Å². The molecule has 0 aromatic carbocycles. The fourth-order valence-corrected chi connectivity index (χ4v) is 2.70. The molecule has 1 saturated heterocycles. The highest BCUT2D eigenvalue weighted by atomic mass is 15.2. The lowest BCUT2D eigenvalue weighted by atomic mass is 10.1. The molecular formula is C15H25N3. The minimum Gasteiger partial charge on any atom is -0.352 e. The number of aryl methyl sites for hydroxylation is 1. The number of rotatable bonds is 4. The molecule has 3 nitrogen and oxygen atoms in total. The molecular weight excluding hydrogens is 222 g/mol. The van der Waals surface area contributed by atoms with Crippen LogP contribution in [-0.4, -0.2) is 31.2 Å². The first-order chi connectivity index (χ1) is 8.61. The zero-order valence-electron chi connectivity index (χ0n) is 12.0. The largest absolute Gasteiger partial charge is 0.352 e. The molecule has 1 aliphatic rings. The Morgan fingerprint density at radius 2 is 2.22 bits per heavy atom. The van der Waals surface area contributed by atoms with Gasteiger partial charge in [-0.15, -0.1) is 0 Å². The van der Waals surface area contributed by atoms with Gasteiger partial charge in [0.05, 0.1) is 0 Å². The third kappa shape index (κ3) is 2.83. The van der Waals surface area contributed by atoms with E-state index in [1.165, 1.54) is 24.1 Å². The van der Waals surface area contributed by atoms with Gasteiger partial charge in [0.15, 0.2) is 0 Å². The molecule has 1 aromatic heterocycles. The summed E-state index contributed by atoms with van der Waals surface area (Å²) in [6.45, 7) is 8.77. The van der Waals surface area contributed by atoms with Crippen LogP contribution < -0.4 is 10.2 Å². The number of pyridine rings is 1. The number of hydrogen-bond donors (Lipinski definition) is 1. The Balaban J connectivity index is 2.26. The summed E-state index contributed by atoms with van der Waals surface area (Å²) >= 11 is 0. The maximum atomic E-state index is 4.85. The highest BCUT2D eigenvalue weighted by Crippen LogP contribution is 2.26. The van der Waals surface area contributed by atoms with Gasteiger partial charge in [-0.3, -0.25) is 0 Å². The smallest absolute Gasteiger partial charge is 0.129 e. The van der Waals surface area contributed by atoms with Crippen LogP contribution in [0.25, 0.3) is 0 Å². The van der Waals surface area contributed by atoms with Crippen LogP contribution in [-0.2, 0) is 0 Å². The predicted molar refractivity (Wildman–Crippen MR) is 77.4 cm³/mol. The molecule has 1 atom stereocenters.